The molecular formula is C18H13Cl2N5O3S2. The first-order valence-corrected chi connectivity index (χ1v) is 11.5. The molecule has 154 valence electrons. The van der Waals surface area contributed by atoms with Gasteiger partial charge in [0.2, 0.25) is 0 Å². The number of sulfonamides is 1. The largest absolute Gasteiger partial charge is 0.482 e. The summed E-state index contributed by atoms with van der Waals surface area (Å²) in [6.07, 6.45) is 1.52. The zero-order chi connectivity index (χ0) is 21.1. The van der Waals surface area contributed by atoms with Gasteiger partial charge in [-0.15, -0.1) is 11.3 Å². The quantitative estimate of drug-likeness (QED) is 0.398. The van der Waals surface area contributed by atoms with Crippen LogP contribution >= 0.6 is 34.5 Å². The van der Waals surface area contributed by atoms with Gasteiger partial charge < -0.3 is 4.74 Å². The topological polar surface area (TPSA) is 110 Å². The molecule has 0 saturated heterocycles. The standard InChI is InChI=1S/C18H13Cl2N5O3S2/c19-13-2-1-3-14(20)16(13)28-10-15-22-17(24-23-15)11-4-6-12(7-5-11)30(26,27)25-18-21-8-9-29-18/h1-9H,10H2,(H,21,25)(H,22,23,24). The summed E-state index contributed by atoms with van der Waals surface area (Å²) in [6.45, 7) is 0.0840. The molecule has 0 aliphatic carbocycles. The van der Waals surface area contributed by atoms with E-state index in [2.05, 4.69) is 24.9 Å². The fraction of sp³-hybridized carbons (Fsp3) is 0.0556. The number of nitrogens with one attached hydrogen (secondary N) is 2. The maximum absolute atomic E-state index is 12.4. The smallest absolute Gasteiger partial charge is 0.263 e. The summed E-state index contributed by atoms with van der Waals surface area (Å²) in [5.41, 5.74) is 0.640. The van der Waals surface area contributed by atoms with Crippen molar-refractivity contribution in [1.82, 2.24) is 20.2 Å². The molecule has 30 heavy (non-hydrogen) atoms. The predicted molar refractivity (Wildman–Crippen MR) is 116 cm³/mol. The van der Waals surface area contributed by atoms with Crippen LogP contribution in [0.2, 0.25) is 10.0 Å². The molecule has 0 amide bonds. The van der Waals surface area contributed by atoms with Gasteiger partial charge in [-0.05, 0) is 36.4 Å². The third-order valence-corrected chi connectivity index (χ3v) is 6.65. The molecule has 2 aromatic carbocycles. The molecule has 0 bridgehead atoms. The van der Waals surface area contributed by atoms with Crippen molar-refractivity contribution >= 4 is 49.7 Å². The van der Waals surface area contributed by atoms with E-state index in [4.69, 9.17) is 27.9 Å². The van der Waals surface area contributed by atoms with E-state index in [0.29, 0.717) is 38.1 Å². The summed E-state index contributed by atoms with van der Waals surface area (Å²) >= 11 is 13.4. The summed E-state index contributed by atoms with van der Waals surface area (Å²) < 4.78 is 32.9. The first-order chi connectivity index (χ1) is 14.4. The Morgan fingerprint density at radius 2 is 1.83 bits per heavy atom. The Hall–Kier alpha value is -2.66. The molecule has 0 spiro atoms. The first-order valence-electron chi connectivity index (χ1n) is 8.43. The Kier molecular flexibility index (Phi) is 5.91. The van der Waals surface area contributed by atoms with Crippen LogP contribution in [0.4, 0.5) is 5.13 Å². The highest BCUT2D eigenvalue weighted by atomic mass is 35.5. The summed E-state index contributed by atoms with van der Waals surface area (Å²) in [5.74, 6) is 1.22. The number of aromatic amines is 1. The van der Waals surface area contributed by atoms with Gasteiger partial charge in [0.1, 0.15) is 6.61 Å². The second kappa shape index (κ2) is 8.60. The van der Waals surface area contributed by atoms with E-state index >= 15 is 0 Å². The lowest BCUT2D eigenvalue weighted by Crippen LogP contribution is -2.12. The molecule has 4 aromatic rings. The van der Waals surface area contributed by atoms with Crippen LogP contribution in [0.5, 0.6) is 5.75 Å². The van der Waals surface area contributed by atoms with Crippen LogP contribution in [0.3, 0.4) is 0 Å². The lowest BCUT2D eigenvalue weighted by molar-refractivity contribution is 0.297. The number of para-hydroxylation sites is 1. The Morgan fingerprint density at radius 3 is 2.50 bits per heavy atom. The number of hydrogen-bond donors (Lipinski definition) is 2. The van der Waals surface area contributed by atoms with Gasteiger partial charge in [0, 0.05) is 17.1 Å². The molecule has 12 heteroatoms. The second-order valence-electron chi connectivity index (χ2n) is 5.91. The van der Waals surface area contributed by atoms with Gasteiger partial charge in [-0.3, -0.25) is 9.82 Å². The number of H-pyrrole nitrogens is 1. The second-order valence-corrected chi connectivity index (χ2v) is 9.30. The number of rotatable bonds is 7. The van der Waals surface area contributed by atoms with E-state index in [-0.39, 0.29) is 11.5 Å². The monoisotopic (exact) mass is 481 g/mol. The highest BCUT2D eigenvalue weighted by molar-refractivity contribution is 7.93. The van der Waals surface area contributed by atoms with E-state index < -0.39 is 10.0 Å². The van der Waals surface area contributed by atoms with E-state index in [9.17, 15) is 8.42 Å². The fourth-order valence-electron chi connectivity index (χ4n) is 2.48. The Labute approximate surface area is 185 Å². The number of halogens is 2. The molecule has 2 N–H and O–H groups in total. The van der Waals surface area contributed by atoms with Crippen LogP contribution in [0, 0.1) is 0 Å². The highest BCUT2D eigenvalue weighted by Crippen LogP contribution is 2.32. The minimum atomic E-state index is -3.72. The average Bonchev–Trinajstić information content (AvgIpc) is 3.39. The van der Waals surface area contributed by atoms with Crippen LogP contribution in [-0.2, 0) is 16.6 Å². The van der Waals surface area contributed by atoms with Gasteiger partial charge in [-0.1, -0.05) is 29.3 Å². The summed E-state index contributed by atoms with van der Waals surface area (Å²) in [4.78, 5) is 8.38. The van der Waals surface area contributed by atoms with Gasteiger partial charge in [-0.2, -0.15) is 5.10 Å². The summed E-state index contributed by atoms with van der Waals surface area (Å²) in [5, 5.41) is 9.69. The van der Waals surface area contributed by atoms with Crippen molar-refractivity contribution in [3.8, 4) is 17.1 Å². The molecule has 0 aliphatic heterocycles. The minimum absolute atomic E-state index is 0.0840. The van der Waals surface area contributed by atoms with Crippen molar-refractivity contribution in [1.29, 1.82) is 0 Å². The number of anilines is 1. The molecule has 0 atom stereocenters. The van der Waals surface area contributed by atoms with Crippen molar-refractivity contribution in [2.45, 2.75) is 11.5 Å². The van der Waals surface area contributed by atoms with Gasteiger partial charge >= 0.3 is 0 Å². The number of hydrogen-bond acceptors (Lipinski definition) is 7. The van der Waals surface area contributed by atoms with E-state index in [0.717, 1.165) is 0 Å². The van der Waals surface area contributed by atoms with Gasteiger partial charge in [0.25, 0.3) is 10.0 Å². The van der Waals surface area contributed by atoms with Crippen LogP contribution in [0.1, 0.15) is 5.82 Å². The number of nitrogens with zero attached hydrogens (tertiary/aromatic N) is 3. The van der Waals surface area contributed by atoms with Crippen LogP contribution in [0.25, 0.3) is 11.4 Å². The molecule has 4 rings (SSSR count). The number of thiazole rings is 1. The van der Waals surface area contributed by atoms with Crippen LogP contribution in [-0.4, -0.2) is 28.6 Å². The zero-order valence-corrected chi connectivity index (χ0v) is 18.2. The van der Waals surface area contributed by atoms with Gasteiger partial charge in [0.05, 0.1) is 14.9 Å². The molecule has 8 nitrogen and oxygen atoms in total. The number of aromatic nitrogens is 4. The molecule has 2 aromatic heterocycles. The van der Waals surface area contributed by atoms with E-state index in [1.807, 2.05) is 0 Å². The third kappa shape index (κ3) is 4.57. The summed E-state index contributed by atoms with van der Waals surface area (Å²) in [7, 11) is -3.72. The molecule has 2 heterocycles. The molecule has 0 radical (unpaired) electrons. The van der Waals surface area contributed by atoms with Crippen molar-refractivity contribution < 1.29 is 13.2 Å². The zero-order valence-electron chi connectivity index (χ0n) is 15.0. The molecule has 0 fully saturated rings. The van der Waals surface area contributed by atoms with Crippen LogP contribution < -0.4 is 9.46 Å². The van der Waals surface area contributed by atoms with Crippen molar-refractivity contribution in [3.63, 3.8) is 0 Å². The van der Waals surface area contributed by atoms with E-state index in [1.165, 1.54) is 29.7 Å². The first kappa shape index (κ1) is 20.6. The molecule has 0 aliphatic rings. The fourth-order valence-corrected chi connectivity index (χ4v) is 4.78. The normalized spacial score (nSPS) is 11.4. The highest BCUT2D eigenvalue weighted by Gasteiger charge is 2.16. The van der Waals surface area contributed by atoms with Crippen molar-refractivity contribution in [3.05, 3.63) is 69.9 Å². The minimum Gasteiger partial charge on any atom is -0.482 e. The number of benzene rings is 2. The van der Waals surface area contributed by atoms with E-state index in [1.54, 1.807) is 35.7 Å². The molecule has 0 unspecified atom stereocenters. The molecule has 0 saturated carbocycles. The van der Waals surface area contributed by atoms with Gasteiger partial charge in [0.15, 0.2) is 22.5 Å². The average molecular weight is 482 g/mol. The lowest BCUT2D eigenvalue weighted by atomic mass is 10.2. The molecular weight excluding hydrogens is 469 g/mol. The van der Waals surface area contributed by atoms with Crippen LogP contribution in [0.15, 0.2) is 58.9 Å². The predicted octanol–water partition coefficient (Wildman–Crippen LogP) is 4.61. The van der Waals surface area contributed by atoms with Crippen molar-refractivity contribution in [2.24, 2.45) is 0 Å². The maximum atomic E-state index is 12.4. The Morgan fingerprint density at radius 1 is 1.10 bits per heavy atom. The Bertz CT molecular complexity index is 1240. The Balaban J connectivity index is 1.46. The summed E-state index contributed by atoms with van der Waals surface area (Å²) in [6, 6.07) is 11.3. The third-order valence-electron chi connectivity index (χ3n) is 3.88. The number of ether oxygens (including phenoxy) is 1. The lowest BCUT2D eigenvalue weighted by Gasteiger charge is -2.07. The van der Waals surface area contributed by atoms with Crippen molar-refractivity contribution in [2.75, 3.05) is 4.72 Å². The van der Waals surface area contributed by atoms with Gasteiger partial charge in [-0.25, -0.2) is 18.4 Å². The SMILES string of the molecule is O=S(=O)(Nc1nccs1)c1ccc(-c2n[nH]c(COc3c(Cl)cccc3Cl)n2)cc1. The maximum Gasteiger partial charge on any atom is 0.263 e.